The Morgan fingerprint density at radius 3 is 2.43 bits per heavy atom. The van der Waals surface area contributed by atoms with E-state index < -0.39 is 6.10 Å². The molecular formula is C12H16O2. The molecule has 0 amide bonds. The van der Waals surface area contributed by atoms with Gasteiger partial charge in [0.05, 0.1) is 6.10 Å². The highest BCUT2D eigenvalue weighted by molar-refractivity contribution is 5.76. The first-order valence-electron chi connectivity index (χ1n) is 4.83. The molecule has 14 heavy (non-hydrogen) atoms. The molecule has 0 unspecified atom stereocenters. The van der Waals surface area contributed by atoms with E-state index in [4.69, 9.17) is 0 Å². The molecule has 0 heterocycles. The zero-order valence-electron chi connectivity index (χ0n) is 8.60. The highest BCUT2D eigenvalue weighted by atomic mass is 16.3. The van der Waals surface area contributed by atoms with Crippen LogP contribution in [0.4, 0.5) is 0 Å². The van der Waals surface area contributed by atoms with Gasteiger partial charge in [0.15, 0.2) is 0 Å². The van der Waals surface area contributed by atoms with Crippen LogP contribution >= 0.6 is 0 Å². The summed E-state index contributed by atoms with van der Waals surface area (Å²) in [7, 11) is 0. The van der Waals surface area contributed by atoms with Gasteiger partial charge in [0, 0.05) is 12.3 Å². The molecule has 0 spiro atoms. The molecule has 0 aromatic heterocycles. The molecule has 0 saturated heterocycles. The van der Waals surface area contributed by atoms with E-state index in [-0.39, 0.29) is 18.1 Å². The maximum absolute atomic E-state index is 10.8. The smallest absolute Gasteiger partial charge is 0.132 e. The van der Waals surface area contributed by atoms with E-state index in [1.807, 2.05) is 37.3 Å². The van der Waals surface area contributed by atoms with Crippen LogP contribution in [0.3, 0.4) is 0 Å². The fourth-order valence-corrected chi connectivity index (χ4v) is 1.45. The van der Waals surface area contributed by atoms with Gasteiger partial charge in [-0.1, -0.05) is 37.3 Å². The number of rotatable bonds is 4. The van der Waals surface area contributed by atoms with Crippen LogP contribution in [-0.2, 0) is 4.79 Å². The Labute approximate surface area is 84.6 Å². The molecule has 1 rings (SSSR count). The Bertz CT molecular complexity index is 292. The summed E-state index contributed by atoms with van der Waals surface area (Å²) in [6.07, 6.45) is -0.342. The van der Waals surface area contributed by atoms with Crippen molar-refractivity contribution in [1.29, 1.82) is 0 Å². The average Bonchev–Trinajstić information content (AvgIpc) is 2.17. The number of carbonyl (C=O) groups excluding carboxylic acids is 1. The third-order valence-corrected chi connectivity index (χ3v) is 2.40. The second-order valence-corrected chi connectivity index (χ2v) is 3.67. The van der Waals surface area contributed by atoms with Crippen LogP contribution in [0.2, 0.25) is 0 Å². The van der Waals surface area contributed by atoms with Crippen LogP contribution in [-0.4, -0.2) is 17.0 Å². The maximum atomic E-state index is 10.8. The Hall–Kier alpha value is -1.15. The molecule has 76 valence electrons. The molecule has 1 aromatic rings. The van der Waals surface area contributed by atoms with Gasteiger partial charge in [0.25, 0.3) is 0 Å². The Morgan fingerprint density at radius 1 is 1.36 bits per heavy atom. The van der Waals surface area contributed by atoms with Gasteiger partial charge in [-0.15, -0.1) is 0 Å². The van der Waals surface area contributed by atoms with Crippen LogP contribution in [0.25, 0.3) is 0 Å². The highest BCUT2D eigenvalue weighted by Gasteiger charge is 2.17. The fourth-order valence-electron chi connectivity index (χ4n) is 1.45. The molecule has 2 nitrogen and oxygen atoms in total. The van der Waals surface area contributed by atoms with E-state index in [9.17, 15) is 9.90 Å². The zero-order valence-corrected chi connectivity index (χ0v) is 8.60. The molecule has 0 fully saturated rings. The van der Waals surface area contributed by atoms with Crippen molar-refractivity contribution < 1.29 is 9.90 Å². The summed E-state index contributed by atoms with van der Waals surface area (Å²) in [5, 5.41) is 9.72. The number of ketones is 1. The summed E-state index contributed by atoms with van der Waals surface area (Å²) in [5.74, 6) is 0.0420. The summed E-state index contributed by atoms with van der Waals surface area (Å²) in [6, 6.07) is 9.74. The number of aliphatic hydroxyl groups is 1. The van der Waals surface area contributed by atoms with Gasteiger partial charge in [0.2, 0.25) is 0 Å². The van der Waals surface area contributed by atoms with Crippen molar-refractivity contribution in [3.63, 3.8) is 0 Å². The van der Waals surface area contributed by atoms with E-state index in [1.54, 1.807) is 0 Å². The van der Waals surface area contributed by atoms with Crippen molar-refractivity contribution in [2.24, 2.45) is 0 Å². The van der Waals surface area contributed by atoms with Crippen LogP contribution in [0, 0.1) is 0 Å². The second kappa shape index (κ2) is 4.91. The predicted molar refractivity (Wildman–Crippen MR) is 56.2 cm³/mol. The van der Waals surface area contributed by atoms with E-state index in [0.717, 1.165) is 5.56 Å². The third kappa shape index (κ3) is 2.96. The van der Waals surface area contributed by atoms with Gasteiger partial charge in [-0.05, 0) is 12.5 Å². The van der Waals surface area contributed by atoms with Crippen molar-refractivity contribution in [2.75, 3.05) is 0 Å². The van der Waals surface area contributed by atoms with Crippen molar-refractivity contribution >= 4 is 5.78 Å². The van der Waals surface area contributed by atoms with E-state index in [2.05, 4.69) is 0 Å². The summed E-state index contributed by atoms with van der Waals surface area (Å²) in [6.45, 7) is 3.43. The Kier molecular flexibility index (Phi) is 3.84. The largest absolute Gasteiger partial charge is 0.392 e. The van der Waals surface area contributed by atoms with Crippen molar-refractivity contribution in [1.82, 2.24) is 0 Å². The number of aliphatic hydroxyl groups excluding tert-OH is 1. The van der Waals surface area contributed by atoms with E-state index in [1.165, 1.54) is 6.92 Å². The average molecular weight is 192 g/mol. The molecule has 2 heteroatoms. The maximum Gasteiger partial charge on any atom is 0.132 e. The standard InChI is InChI=1S/C12H16O2/c1-9(13)8-12(14)10(2)11-6-4-3-5-7-11/h3-7,10,12,14H,8H2,1-2H3/t10-,12+/m0/s1. The third-order valence-electron chi connectivity index (χ3n) is 2.40. The quantitative estimate of drug-likeness (QED) is 0.793. The molecule has 0 radical (unpaired) electrons. The zero-order chi connectivity index (χ0) is 10.6. The minimum absolute atomic E-state index is 0.0140. The number of Topliss-reactive ketones (excluding diaryl/α,β-unsaturated/α-hetero) is 1. The Balaban J connectivity index is 2.65. The van der Waals surface area contributed by atoms with Gasteiger partial charge in [0.1, 0.15) is 5.78 Å². The van der Waals surface area contributed by atoms with Crippen molar-refractivity contribution in [2.45, 2.75) is 32.3 Å². The summed E-state index contributed by atoms with van der Waals surface area (Å²) >= 11 is 0. The van der Waals surface area contributed by atoms with Gasteiger partial charge in [-0.2, -0.15) is 0 Å². The minimum Gasteiger partial charge on any atom is -0.392 e. The highest BCUT2D eigenvalue weighted by Crippen LogP contribution is 2.20. The lowest BCUT2D eigenvalue weighted by atomic mass is 9.93. The van der Waals surface area contributed by atoms with Crippen molar-refractivity contribution in [3.8, 4) is 0 Å². The minimum atomic E-state index is -0.574. The summed E-state index contributed by atoms with van der Waals surface area (Å²) in [5.41, 5.74) is 1.07. The monoisotopic (exact) mass is 192 g/mol. The molecule has 1 aromatic carbocycles. The van der Waals surface area contributed by atoms with Gasteiger partial charge in [-0.25, -0.2) is 0 Å². The molecule has 2 atom stereocenters. The Morgan fingerprint density at radius 2 is 1.93 bits per heavy atom. The first-order valence-corrected chi connectivity index (χ1v) is 4.83. The molecule has 0 aliphatic heterocycles. The van der Waals surface area contributed by atoms with E-state index >= 15 is 0 Å². The molecule has 1 N–H and O–H groups in total. The van der Waals surface area contributed by atoms with Crippen LogP contribution in [0.1, 0.15) is 31.7 Å². The SMILES string of the molecule is CC(=O)C[C@@H](O)[C@@H](C)c1ccccc1. The van der Waals surface area contributed by atoms with Crippen LogP contribution in [0.15, 0.2) is 30.3 Å². The normalized spacial score (nSPS) is 14.8. The lowest BCUT2D eigenvalue weighted by Crippen LogP contribution is -2.18. The lowest BCUT2D eigenvalue weighted by Gasteiger charge is -2.17. The number of hydrogen-bond acceptors (Lipinski definition) is 2. The van der Waals surface area contributed by atoms with E-state index in [0.29, 0.717) is 0 Å². The molecular weight excluding hydrogens is 176 g/mol. The first kappa shape index (κ1) is 10.9. The molecule has 0 bridgehead atoms. The second-order valence-electron chi connectivity index (χ2n) is 3.67. The summed E-state index contributed by atoms with van der Waals surface area (Å²) < 4.78 is 0. The fraction of sp³-hybridized carbons (Fsp3) is 0.417. The predicted octanol–water partition coefficient (Wildman–Crippen LogP) is 2.13. The van der Waals surface area contributed by atoms with Crippen LogP contribution < -0.4 is 0 Å². The number of hydrogen-bond donors (Lipinski definition) is 1. The molecule has 0 saturated carbocycles. The number of carbonyl (C=O) groups is 1. The van der Waals surface area contributed by atoms with Crippen LogP contribution in [0.5, 0.6) is 0 Å². The lowest BCUT2D eigenvalue weighted by molar-refractivity contribution is -0.119. The summed E-state index contributed by atoms with van der Waals surface area (Å²) in [4.78, 5) is 10.8. The van der Waals surface area contributed by atoms with Gasteiger partial charge >= 0.3 is 0 Å². The molecule has 0 aliphatic rings. The van der Waals surface area contributed by atoms with Gasteiger partial charge in [-0.3, -0.25) is 4.79 Å². The first-order chi connectivity index (χ1) is 6.61. The van der Waals surface area contributed by atoms with Gasteiger partial charge < -0.3 is 5.11 Å². The topological polar surface area (TPSA) is 37.3 Å². The molecule has 0 aliphatic carbocycles. The number of benzene rings is 1. The van der Waals surface area contributed by atoms with Crippen molar-refractivity contribution in [3.05, 3.63) is 35.9 Å².